The average molecular weight is 258 g/mol. The Morgan fingerprint density at radius 3 is 2.63 bits per heavy atom. The molecule has 1 amide bonds. The molecule has 19 heavy (non-hydrogen) atoms. The zero-order valence-electron chi connectivity index (χ0n) is 11.3. The Hall–Kier alpha value is -2.02. The number of likely N-dealkylation sites (tertiary alicyclic amines) is 1. The van der Waals surface area contributed by atoms with Crippen LogP contribution < -0.4 is 4.74 Å². The zero-order chi connectivity index (χ0) is 13.9. The molecule has 1 aliphatic rings. The van der Waals surface area contributed by atoms with Crippen LogP contribution in [0.5, 0.6) is 5.75 Å². The van der Waals surface area contributed by atoms with Crippen molar-refractivity contribution in [3.63, 3.8) is 0 Å². The number of amides is 1. The van der Waals surface area contributed by atoms with Gasteiger partial charge in [0.1, 0.15) is 5.75 Å². The number of rotatable bonds is 2. The highest BCUT2D eigenvalue weighted by Crippen LogP contribution is 2.36. The van der Waals surface area contributed by atoms with Crippen LogP contribution in [0.25, 0.3) is 0 Å². The van der Waals surface area contributed by atoms with Gasteiger partial charge in [-0.25, -0.2) is 0 Å². The molecule has 0 spiro atoms. The van der Waals surface area contributed by atoms with Gasteiger partial charge in [0.05, 0.1) is 18.6 Å². The Kier molecular flexibility index (Phi) is 3.75. The minimum absolute atomic E-state index is 0.0807. The number of benzene rings is 1. The maximum Gasteiger partial charge on any atom is 0.219 e. The Morgan fingerprint density at radius 1 is 1.42 bits per heavy atom. The number of nitrogens with zero attached hydrogens (tertiary/aromatic N) is 2. The van der Waals surface area contributed by atoms with Crippen LogP contribution in [0.3, 0.4) is 0 Å². The topological polar surface area (TPSA) is 53.3 Å². The van der Waals surface area contributed by atoms with E-state index < -0.39 is 5.41 Å². The second-order valence-electron chi connectivity index (χ2n) is 4.93. The smallest absolute Gasteiger partial charge is 0.219 e. The number of ether oxygens (including phenoxy) is 1. The number of carbonyl (C=O) groups excluding carboxylic acids is 1. The van der Waals surface area contributed by atoms with Gasteiger partial charge in [0.15, 0.2) is 0 Å². The number of carbonyl (C=O) groups is 1. The molecule has 1 aromatic carbocycles. The first kappa shape index (κ1) is 13.4. The quantitative estimate of drug-likeness (QED) is 0.816. The predicted molar refractivity (Wildman–Crippen MR) is 71.8 cm³/mol. The van der Waals surface area contributed by atoms with Gasteiger partial charge in [-0.05, 0) is 30.5 Å². The fraction of sp³-hybridized carbons (Fsp3) is 0.467. The van der Waals surface area contributed by atoms with Crippen LogP contribution in [0.4, 0.5) is 0 Å². The lowest BCUT2D eigenvalue weighted by atomic mass is 9.74. The van der Waals surface area contributed by atoms with Crippen molar-refractivity contribution in [2.45, 2.75) is 25.2 Å². The van der Waals surface area contributed by atoms with Crippen molar-refractivity contribution < 1.29 is 9.53 Å². The Morgan fingerprint density at radius 2 is 2.11 bits per heavy atom. The highest BCUT2D eigenvalue weighted by atomic mass is 16.5. The minimum atomic E-state index is -0.500. The summed E-state index contributed by atoms with van der Waals surface area (Å²) in [6.45, 7) is 2.85. The van der Waals surface area contributed by atoms with Crippen molar-refractivity contribution in [1.82, 2.24) is 4.90 Å². The van der Waals surface area contributed by atoms with Crippen LogP contribution >= 0.6 is 0 Å². The van der Waals surface area contributed by atoms with Crippen molar-refractivity contribution in [2.75, 3.05) is 20.2 Å². The Bertz CT molecular complexity index is 511. The third kappa shape index (κ3) is 2.55. The first-order valence-electron chi connectivity index (χ1n) is 6.42. The van der Waals surface area contributed by atoms with Crippen LogP contribution in [0.1, 0.15) is 25.3 Å². The summed E-state index contributed by atoms with van der Waals surface area (Å²) in [7, 11) is 1.62. The molecule has 0 aliphatic carbocycles. The van der Waals surface area contributed by atoms with Gasteiger partial charge in [-0.3, -0.25) is 4.79 Å². The van der Waals surface area contributed by atoms with Crippen molar-refractivity contribution in [1.29, 1.82) is 5.26 Å². The van der Waals surface area contributed by atoms with E-state index >= 15 is 0 Å². The normalized spacial score (nSPS) is 17.6. The largest absolute Gasteiger partial charge is 0.497 e. The van der Waals surface area contributed by atoms with Crippen LogP contribution in [0, 0.1) is 11.3 Å². The van der Waals surface area contributed by atoms with Crippen LogP contribution in [-0.4, -0.2) is 31.0 Å². The van der Waals surface area contributed by atoms with Gasteiger partial charge in [0.2, 0.25) is 5.91 Å². The van der Waals surface area contributed by atoms with Crippen LogP contribution in [-0.2, 0) is 10.2 Å². The molecule has 1 aromatic rings. The average Bonchev–Trinajstić information content (AvgIpc) is 2.47. The van der Waals surface area contributed by atoms with E-state index in [9.17, 15) is 10.1 Å². The summed E-state index contributed by atoms with van der Waals surface area (Å²) in [6, 6.07) is 10.1. The van der Waals surface area contributed by atoms with Gasteiger partial charge < -0.3 is 9.64 Å². The summed E-state index contributed by atoms with van der Waals surface area (Å²) in [6.07, 6.45) is 1.35. The van der Waals surface area contributed by atoms with Gasteiger partial charge in [0, 0.05) is 20.0 Å². The van der Waals surface area contributed by atoms with E-state index in [1.54, 1.807) is 18.9 Å². The van der Waals surface area contributed by atoms with Gasteiger partial charge in [-0.15, -0.1) is 0 Å². The number of hydrogen-bond acceptors (Lipinski definition) is 3. The molecular weight excluding hydrogens is 240 g/mol. The lowest BCUT2D eigenvalue weighted by molar-refractivity contribution is -0.130. The first-order chi connectivity index (χ1) is 9.11. The number of piperidine rings is 1. The number of nitriles is 1. The minimum Gasteiger partial charge on any atom is -0.497 e. The zero-order valence-corrected chi connectivity index (χ0v) is 11.3. The van der Waals surface area contributed by atoms with Crippen molar-refractivity contribution in [3.8, 4) is 11.8 Å². The van der Waals surface area contributed by atoms with Gasteiger partial charge in [-0.1, -0.05) is 12.1 Å². The van der Waals surface area contributed by atoms with Gasteiger partial charge in [0.25, 0.3) is 0 Å². The van der Waals surface area contributed by atoms with Gasteiger partial charge >= 0.3 is 0 Å². The second-order valence-corrected chi connectivity index (χ2v) is 4.93. The number of methoxy groups -OCH3 is 1. The van der Waals surface area contributed by atoms with Crippen LogP contribution in [0.2, 0.25) is 0 Å². The molecule has 0 unspecified atom stereocenters. The summed E-state index contributed by atoms with van der Waals surface area (Å²) in [5.74, 6) is 0.846. The van der Waals surface area contributed by atoms with E-state index in [-0.39, 0.29) is 5.91 Å². The molecule has 0 aromatic heterocycles. The lowest BCUT2D eigenvalue weighted by Crippen LogP contribution is -2.43. The molecule has 1 aliphatic heterocycles. The molecule has 1 saturated heterocycles. The lowest BCUT2D eigenvalue weighted by Gasteiger charge is -2.37. The molecule has 100 valence electrons. The maximum absolute atomic E-state index is 11.4. The molecule has 0 atom stereocenters. The van der Waals surface area contributed by atoms with Crippen molar-refractivity contribution >= 4 is 5.91 Å². The summed E-state index contributed by atoms with van der Waals surface area (Å²) in [4.78, 5) is 13.2. The van der Waals surface area contributed by atoms with Crippen molar-refractivity contribution in [3.05, 3.63) is 29.8 Å². The fourth-order valence-corrected chi connectivity index (χ4v) is 2.59. The molecule has 4 heteroatoms. The van der Waals surface area contributed by atoms with E-state index in [0.717, 1.165) is 11.3 Å². The molecule has 0 radical (unpaired) electrons. The molecule has 1 fully saturated rings. The van der Waals surface area contributed by atoms with E-state index in [1.807, 2.05) is 24.3 Å². The van der Waals surface area contributed by atoms with E-state index in [4.69, 9.17) is 4.74 Å². The fourth-order valence-electron chi connectivity index (χ4n) is 2.59. The van der Waals surface area contributed by atoms with Crippen LogP contribution in [0.15, 0.2) is 24.3 Å². The standard InChI is InChI=1S/C15H18N2O2/c1-12(18)17-8-6-15(11-16,7-9-17)13-4-3-5-14(10-13)19-2/h3-5,10H,6-9H2,1-2H3. The van der Waals surface area contributed by atoms with Gasteiger partial charge in [-0.2, -0.15) is 5.26 Å². The van der Waals surface area contributed by atoms with Crippen molar-refractivity contribution in [2.24, 2.45) is 0 Å². The number of hydrogen-bond donors (Lipinski definition) is 0. The summed E-state index contributed by atoms with van der Waals surface area (Å²) < 4.78 is 5.22. The van der Waals surface area contributed by atoms with E-state index in [1.165, 1.54) is 0 Å². The van der Waals surface area contributed by atoms with E-state index in [0.29, 0.717) is 25.9 Å². The molecule has 0 bridgehead atoms. The summed E-state index contributed by atoms with van der Waals surface area (Å²) >= 11 is 0. The molecular formula is C15H18N2O2. The highest BCUT2D eigenvalue weighted by molar-refractivity contribution is 5.73. The first-order valence-corrected chi connectivity index (χ1v) is 6.42. The molecule has 1 heterocycles. The molecule has 2 rings (SSSR count). The highest BCUT2D eigenvalue weighted by Gasteiger charge is 2.37. The third-order valence-corrected chi connectivity index (χ3v) is 3.90. The summed E-state index contributed by atoms with van der Waals surface area (Å²) in [5.41, 5.74) is 0.484. The summed E-state index contributed by atoms with van der Waals surface area (Å²) in [5, 5.41) is 9.59. The molecule has 4 nitrogen and oxygen atoms in total. The predicted octanol–water partition coefficient (Wildman–Crippen LogP) is 2.10. The maximum atomic E-state index is 11.4. The molecule has 0 saturated carbocycles. The Balaban J connectivity index is 2.25. The Labute approximate surface area is 113 Å². The van der Waals surface area contributed by atoms with E-state index in [2.05, 4.69) is 6.07 Å². The third-order valence-electron chi connectivity index (χ3n) is 3.90. The molecule has 0 N–H and O–H groups in total. The monoisotopic (exact) mass is 258 g/mol. The SMILES string of the molecule is COc1cccc(C2(C#N)CCN(C(C)=O)CC2)c1. The second kappa shape index (κ2) is 5.31.